The van der Waals surface area contributed by atoms with Crippen LogP contribution in [-0.2, 0) is 0 Å². The van der Waals surface area contributed by atoms with Crippen molar-refractivity contribution in [1.82, 2.24) is 0 Å². The normalized spacial score (nSPS) is 31.2. The molecule has 0 heterocycles. The molecule has 0 aromatic carbocycles. The van der Waals surface area contributed by atoms with Gasteiger partial charge in [0.2, 0.25) is 0 Å². The van der Waals surface area contributed by atoms with Gasteiger partial charge in [0.25, 0.3) is 0 Å². The van der Waals surface area contributed by atoms with Crippen molar-refractivity contribution in [3.05, 3.63) is 0 Å². The van der Waals surface area contributed by atoms with E-state index < -0.39 is 0 Å². The first-order valence-electron chi connectivity index (χ1n) is 6.88. The highest BCUT2D eigenvalue weighted by Gasteiger charge is 2.36. The molecule has 0 radical (unpaired) electrons. The second-order valence-corrected chi connectivity index (χ2v) is 5.34. The van der Waals surface area contributed by atoms with Crippen LogP contribution in [0, 0.1) is 11.8 Å². The first kappa shape index (κ1) is 13.0. The van der Waals surface area contributed by atoms with E-state index in [2.05, 4.69) is 20.8 Å². The zero-order chi connectivity index (χ0) is 11.3. The zero-order valence-corrected chi connectivity index (χ0v) is 10.8. The molecule has 1 N–H and O–H groups in total. The van der Waals surface area contributed by atoms with Gasteiger partial charge in [0.05, 0.1) is 5.60 Å². The summed E-state index contributed by atoms with van der Waals surface area (Å²) < 4.78 is 0. The predicted octanol–water partition coefficient (Wildman–Crippen LogP) is 4.14. The molecule has 0 aliphatic heterocycles. The SMILES string of the molecule is CCCC(O)(CC)C1CCCC(CC)C1. The van der Waals surface area contributed by atoms with E-state index in [1.807, 2.05) is 0 Å². The molecule has 0 bridgehead atoms. The van der Waals surface area contributed by atoms with E-state index >= 15 is 0 Å². The largest absolute Gasteiger partial charge is 0.390 e. The number of hydrogen-bond acceptors (Lipinski definition) is 1. The van der Waals surface area contributed by atoms with Gasteiger partial charge in [-0.1, -0.05) is 46.5 Å². The fourth-order valence-corrected chi connectivity index (χ4v) is 3.25. The van der Waals surface area contributed by atoms with Crippen LogP contribution in [0.4, 0.5) is 0 Å². The molecule has 0 aromatic rings. The fourth-order valence-electron chi connectivity index (χ4n) is 3.25. The van der Waals surface area contributed by atoms with Crippen LogP contribution in [0.1, 0.15) is 72.1 Å². The van der Waals surface area contributed by atoms with E-state index in [1.165, 1.54) is 32.1 Å². The Bertz CT molecular complexity index is 178. The molecule has 1 fully saturated rings. The Morgan fingerprint density at radius 1 is 1.20 bits per heavy atom. The molecule has 0 spiro atoms. The summed E-state index contributed by atoms with van der Waals surface area (Å²) in [5, 5.41) is 10.7. The lowest BCUT2D eigenvalue weighted by molar-refractivity contribution is -0.0518. The monoisotopic (exact) mass is 212 g/mol. The summed E-state index contributed by atoms with van der Waals surface area (Å²) in [6, 6.07) is 0. The van der Waals surface area contributed by atoms with Crippen molar-refractivity contribution in [3.63, 3.8) is 0 Å². The summed E-state index contributed by atoms with van der Waals surface area (Å²) in [6.45, 7) is 6.61. The van der Waals surface area contributed by atoms with Gasteiger partial charge >= 0.3 is 0 Å². The minimum Gasteiger partial charge on any atom is -0.390 e. The van der Waals surface area contributed by atoms with Gasteiger partial charge in [-0.3, -0.25) is 0 Å². The standard InChI is InChI=1S/C14H28O/c1-4-10-14(15,6-3)13-9-7-8-12(5-2)11-13/h12-13,15H,4-11H2,1-3H3. The van der Waals surface area contributed by atoms with Crippen LogP contribution in [0.15, 0.2) is 0 Å². The Hall–Kier alpha value is -0.0400. The van der Waals surface area contributed by atoms with E-state index in [4.69, 9.17) is 0 Å². The van der Waals surface area contributed by atoms with Crippen molar-refractivity contribution in [1.29, 1.82) is 0 Å². The fraction of sp³-hybridized carbons (Fsp3) is 1.00. The molecule has 15 heavy (non-hydrogen) atoms. The van der Waals surface area contributed by atoms with Gasteiger partial charge in [-0.05, 0) is 37.5 Å². The molecule has 1 aliphatic carbocycles. The summed E-state index contributed by atoms with van der Waals surface area (Å²) in [4.78, 5) is 0. The van der Waals surface area contributed by atoms with Crippen LogP contribution >= 0.6 is 0 Å². The quantitative estimate of drug-likeness (QED) is 0.726. The molecule has 90 valence electrons. The summed E-state index contributed by atoms with van der Waals surface area (Å²) in [5.74, 6) is 1.44. The second kappa shape index (κ2) is 5.89. The van der Waals surface area contributed by atoms with E-state index in [0.717, 1.165) is 25.2 Å². The van der Waals surface area contributed by atoms with Crippen LogP contribution in [0.3, 0.4) is 0 Å². The molecule has 3 atom stereocenters. The van der Waals surface area contributed by atoms with Gasteiger partial charge < -0.3 is 5.11 Å². The molecule has 0 amide bonds. The number of hydrogen-bond donors (Lipinski definition) is 1. The first-order valence-corrected chi connectivity index (χ1v) is 6.88. The first-order chi connectivity index (χ1) is 7.16. The van der Waals surface area contributed by atoms with Gasteiger partial charge in [-0.15, -0.1) is 0 Å². The zero-order valence-electron chi connectivity index (χ0n) is 10.8. The lowest BCUT2D eigenvalue weighted by Crippen LogP contribution is -2.40. The maximum atomic E-state index is 10.7. The van der Waals surface area contributed by atoms with Crippen LogP contribution in [0.2, 0.25) is 0 Å². The van der Waals surface area contributed by atoms with E-state index in [1.54, 1.807) is 0 Å². The highest BCUT2D eigenvalue weighted by molar-refractivity contribution is 4.88. The molecular formula is C14H28O. The third-order valence-electron chi connectivity index (χ3n) is 4.42. The Labute approximate surface area is 95.3 Å². The maximum absolute atomic E-state index is 10.7. The molecule has 0 aromatic heterocycles. The van der Waals surface area contributed by atoms with E-state index in [0.29, 0.717) is 5.92 Å². The average molecular weight is 212 g/mol. The lowest BCUT2D eigenvalue weighted by Gasteiger charge is -2.40. The molecule has 1 rings (SSSR count). The molecule has 1 aliphatic rings. The summed E-state index contributed by atoms with van der Waals surface area (Å²) in [6.07, 6.45) is 9.56. The number of aliphatic hydroxyl groups is 1. The van der Waals surface area contributed by atoms with Gasteiger partial charge in [0, 0.05) is 0 Å². The van der Waals surface area contributed by atoms with Crippen molar-refractivity contribution < 1.29 is 5.11 Å². The van der Waals surface area contributed by atoms with Crippen molar-refractivity contribution in [2.75, 3.05) is 0 Å². The number of rotatable bonds is 5. The molecule has 0 saturated heterocycles. The summed E-state index contributed by atoms with van der Waals surface area (Å²) in [5.41, 5.74) is -0.359. The Kier molecular flexibility index (Phi) is 5.11. The van der Waals surface area contributed by atoms with Crippen molar-refractivity contribution in [3.8, 4) is 0 Å². The highest BCUT2D eigenvalue weighted by atomic mass is 16.3. The van der Waals surface area contributed by atoms with Crippen molar-refractivity contribution in [2.24, 2.45) is 11.8 Å². The Morgan fingerprint density at radius 2 is 1.93 bits per heavy atom. The van der Waals surface area contributed by atoms with Crippen LogP contribution < -0.4 is 0 Å². The topological polar surface area (TPSA) is 20.2 Å². The van der Waals surface area contributed by atoms with Gasteiger partial charge in [-0.2, -0.15) is 0 Å². The third kappa shape index (κ3) is 3.21. The minimum absolute atomic E-state index is 0.359. The predicted molar refractivity (Wildman–Crippen MR) is 65.9 cm³/mol. The van der Waals surface area contributed by atoms with Crippen molar-refractivity contribution in [2.45, 2.75) is 77.7 Å². The maximum Gasteiger partial charge on any atom is 0.0673 e. The molecule has 1 nitrogen and oxygen atoms in total. The summed E-state index contributed by atoms with van der Waals surface area (Å²) in [7, 11) is 0. The lowest BCUT2D eigenvalue weighted by atomic mass is 9.69. The van der Waals surface area contributed by atoms with Crippen LogP contribution in [0.25, 0.3) is 0 Å². The third-order valence-corrected chi connectivity index (χ3v) is 4.42. The smallest absolute Gasteiger partial charge is 0.0673 e. The van der Waals surface area contributed by atoms with Crippen LogP contribution in [-0.4, -0.2) is 10.7 Å². The Balaban J connectivity index is 2.58. The average Bonchev–Trinajstić information content (AvgIpc) is 2.29. The molecular weight excluding hydrogens is 184 g/mol. The molecule has 1 heteroatoms. The van der Waals surface area contributed by atoms with Crippen molar-refractivity contribution >= 4 is 0 Å². The minimum atomic E-state index is -0.359. The van der Waals surface area contributed by atoms with Gasteiger partial charge in [0.15, 0.2) is 0 Å². The van der Waals surface area contributed by atoms with Crippen LogP contribution in [0.5, 0.6) is 0 Å². The van der Waals surface area contributed by atoms with Gasteiger partial charge in [0.1, 0.15) is 0 Å². The van der Waals surface area contributed by atoms with E-state index in [9.17, 15) is 5.11 Å². The Morgan fingerprint density at radius 3 is 2.47 bits per heavy atom. The summed E-state index contributed by atoms with van der Waals surface area (Å²) >= 11 is 0. The molecule has 1 saturated carbocycles. The highest BCUT2D eigenvalue weighted by Crippen LogP contribution is 2.40. The van der Waals surface area contributed by atoms with Gasteiger partial charge in [-0.25, -0.2) is 0 Å². The second-order valence-electron chi connectivity index (χ2n) is 5.34. The molecule has 3 unspecified atom stereocenters. The van der Waals surface area contributed by atoms with E-state index in [-0.39, 0.29) is 5.60 Å².